The molecule has 0 bridgehead atoms. The highest BCUT2D eigenvalue weighted by Crippen LogP contribution is 2.39. The third kappa shape index (κ3) is 3.82. The van der Waals surface area contributed by atoms with E-state index in [1.54, 1.807) is 0 Å². The zero-order chi connectivity index (χ0) is 14.0. The summed E-state index contributed by atoms with van der Waals surface area (Å²) >= 11 is 0. The molecular weight excluding hydrogens is 236 g/mol. The van der Waals surface area contributed by atoms with Gasteiger partial charge in [-0.1, -0.05) is 6.92 Å². The molecule has 1 aliphatic carbocycles. The Morgan fingerprint density at radius 1 is 1.16 bits per heavy atom. The molecule has 0 amide bonds. The maximum atomic E-state index is 4.73. The summed E-state index contributed by atoms with van der Waals surface area (Å²) in [5.74, 6) is 3.53. The molecule has 4 heteroatoms. The third-order valence-electron chi connectivity index (χ3n) is 3.14. The van der Waals surface area contributed by atoms with Gasteiger partial charge in [0.1, 0.15) is 17.5 Å². The molecule has 0 atom stereocenters. The normalized spacial score (nSPS) is 15.4. The number of anilines is 2. The lowest BCUT2D eigenvalue weighted by Crippen LogP contribution is -2.28. The van der Waals surface area contributed by atoms with Crippen molar-refractivity contribution in [2.24, 2.45) is 0 Å². The molecule has 19 heavy (non-hydrogen) atoms. The Labute approximate surface area is 116 Å². The lowest BCUT2D eigenvalue weighted by molar-refractivity contribution is 0.628. The van der Waals surface area contributed by atoms with Gasteiger partial charge in [-0.05, 0) is 47.0 Å². The van der Waals surface area contributed by atoms with Crippen LogP contribution in [-0.2, 0) is 0 Å². The highest BCUT2D eigenvalue weighted by molar-refractivity contribution is 5.58. The highest BCUT2D eigenvalue weighted by atomic mass is 15.1. The first-order chi connectivity index (χ1) is 8.90. The number of hydrogen-bond donors (Lipinski definition) is 2. The first-order valence-electron chi connectivity index (χ1n) is 7.31. The summed E-state index contributed by atoms with van der Waals surface area (Å²) < 4.78 is 0. The second-order valence-corrected chi connectivity index (χ2v) is 6.48. The monoisotopic (exact) mass is 262 g/mol. The van der Waals surface area contributed by atoms with E-state index in [9.17, 15) is 0 Å². The maximum Gasteiger partial charge on any atom is 0.136 e. The van der Waals surface area contributed by atoms with Crippen LogP contribution in [0.5, 0.6) is 0 Å². The van der Waals surface area contributed by atoms with Crippen molar-refractivity contribution in [3.63, 3.8) is 0 Å². The summed E-state index contributed by atoms with van der Waals surface area (Å²) in [6.45, 7) is 11.7. The van der Waals surface area contributed by atoms with Crippen molar-refractivity contribution in [2.75, 3.05) is 17.2 Å². The SMILES string of the molecule is CCCNc1nc(C2CC2)nc(NC(C)(C)C)c1C. The van der Waals surface area contributed by atoms with Crippen molar-refractivity contribution in [3.8, 4) is 0 Å². The Balaban J connectivity index is 2.31. The Bertz CT molecular complexity index is 444. The van der Waals surface area contributed by atoms with Gasteiger partial charge >= 0.3 is 0 Å². The standard InChI is InChI=1S/C15H26N4/c1-6-9-16-12-10(2)13(19-15(3,4)5)18-14(17-12)11-7-8-11/h11H,6-9H2,1-5H3,(H2,16,17,18,19). The van der Waals surface area contributed by atoms with Gasteiger partial charge in [-0.2, -0.15) is 0 Å². The maximum absolute atomic E-state index is 4.73. The average molecular weight is 262 g/mol. The van der Waals surface area contributed by atoms with E-state index in [0.29, 0.717) is 5.92 Å². The zero-order valence-electron chi connectivity index (χ0n) is 12.8. The zero-order valence-corrected chi connectivity index (χ0v) is 12.8. The average Bonchev–Trinajstić information content (AvgIpc) is 3.12. The summed E-state index contributed by atoms with van der Waals surface area (Å²) in [6.07, 6.45) is 3.56. The molecule has 0 aliphatic heterocycles. The van der Waals surface area contributed by atoms with E-state index in [2.05, 4.69) is 45.3 Å². The Kier molecular flexibility index (Phi) is 3.97. The molecule has 0 radical (unpaired) electrons. The summed E-state index contributed by atoms with van der Waals surface area (Å²) in [5.41, 5.74) is 1.13. The van der Waals surface area contributed by atoms with Gasteiger partial charge in [-0.3, -0.25) is 0 Å². The van der Waals surface area contributed by atoms with Crippen molar-refractivity contribution in [1.29, 1.82) is 0 Å². The molecule has 1 saturated carbocycles. The van der Waals surface area contributed by atoms with Crippen LogP contribution in [0.2, 0.25) is 0 Å². The fourth-order valence-electron chi connectivity index (χ4n) is 1.95. The predicted molar refractivity (Wildman–Crippen MR) is 80.9 cm³/mol. The summed E-state index contributed by atoms with van der Waals surface area (Å²) in [4.78, 5) is 9.43. The van der Waals surface area contributed by atoms with Crippen LogP contribution in [-0.4, -0.2) is 22.1 Å². The minimum absolute atomic E-state index is 0.0158. The number of nitrogens with one attached hydrogen (secondary N) is 2. The Morgan fingerprint density at radius 2 is 1.79 bits per heavy atom. The van der Waals surface area contributed by atoms with Crippen LogP contribution >= 0.6 is 0 Å². The molecule has 1 aromatic rings. The minimum atomic E-state index is 0.0158. The lowest BCUT2D eigenvalue weighted by atomic mass is 10.1. The topological polar surface area (TPSA) is 49.8 Å². The van der Waals surface area contributed by atoms with Crippen molar-refractivity contribution >= 4 is 11.6 Å². The van der Waals surface area contributed by atoms with Crippen molar-refractivity contribution in [1.82, 2.24) is 9.97 Å². The first kappa shape index (κ1) is 14.1. The summed E-state index contributed by atoms with van der Waals surface area (Å²) in [6, 6.07) is 0. The van der Waals surface area contributed by atoms with Crippen LogP contribution in [0.1, 0.15) is 64.3 Å². The second kappa shape index (κ2) is 5.35. The minimum Gasteiger partial charge on any atom is -0.370 e. The predicted octanol–water partition coefficient (Wildman–Crippen LogP) is 3.69. The molecule has 0 aromatic carbocycles. The van der Waals surface area contributed by atoms with E-state index in [1.807, 2.05) is 0 Å². The van der Waals surface area contributed by atoms with Crippen LogP contribution in [0, 0.1) is 6.92 Å². The second-order valence-electron chi connectivity index (χ2n) is 6.48. The van der Waals surface area contributed by atoms with Gasteiger partial charge in [0.2, 0.25) is 0 Å². The van der Waals surface area contributed by atoms with Gasteiger partial charge in [-0.25, -0.2) is 9.97 Å². The van der Waals surface area contributed by atoms with Gasteiger partial charge < -0.3 is 10.6 Å². The lowest BCUT2D eigenvalue weighted by Gasteiger charge is -2.24. The van der Waals surface area contributed by atoms with Gasteiger partial charge in [0.05, 0.1) is 0 Å². The molecular formula is C15H26N4. The molecule has 0 saturated heterocycles. The highest BCUT2D eigenvalue weighted by Gasteiger charge is 2.28. The molecule has 1 aliphatic rings. The van der Waals surface area contributed by atoms with Crippen molar-refractivity contribution < 1.29 is 0 Å². The molecule has 1 heterocycles. The first-order valence-corrected chi connectivity index (χ1v) is 7.31. The van der Waals surface area contributed by atoms with Crippen LogP contribution in [0.3, 0.4) is 0 Å². The molecule has 1 aromatic heterocycles. The molecule has 1 fully saturated rings. The van der Waals surface area contributed by atoms with Crippen LogP contribution < -0.4 is 10.6 Å². The molecule has 4 nitrogen and oxygen atoms in total. The summed E-state index contributed by atoms with van der Waals surface area (Å²) in [5, 5.41) is 6.92. The molecule has 2 N–H and O–H groups in total. The smallest absolute Gasteiger partial charge is 0.136 e. The van der Waals surface area contributed by atoms with Gasteiger partial charge in [-0.15, -0.1) is 0 Å². The molecule has 2 rings (SSSR count). The van der Waals surface area contributed by atoms with Gasteiger partial charge in [0.15, 0.2) is 0 Å². The number of rotatable bonds is 5. The fourth-order valence-corrected chi connectivity index (χ4v) is 1.95. The van der Waals surface area contributed by atoms with E-state index in [4.69, 9.17) is 9.97 Å². The van der Waals surface area contributed by atoms with E-state index in [-0.39, 0.29) is 5.54 Å². The Hall–Kier alpha value is -1.32. The number of aromatic nitrogens is 2. The van der Waals surface area contributed by atoms with Crippen LogP contribution in [0.4, 0.5) is 11.6 Å². The number of hydrogen-bond acceptors (Lipinski definition) is 4. The number of nitrogens with zero attached hydrogens (tertiary/aromatic N) is 2. The van der Waals surface area contributed by atoms with E-state index >= 15 is 0 Å². The fraction of sp³-hybridized carbons (Fsp3) is 0.733. The Morgan fingerprint density at radius 3 is 2.32 bits per heavy atom. The van der Waals surface area contributed by atoms with E-state index in [0.717, 1.165) is 36.0 Å². The van der Waals surface area contributed by atoms with Crippen molar-refractivity contribution in [3.05, 3.63) is 11.4 Å². The van der Waals surface area contributed by atoms with Crippen LogP contribution in [0.15, 0.2) is 0 Å². The van der Waals surface area contributed by atoms with E-state index < -0.39 is 0 Å². The van der Waals surface area contributed by atoms with Gasteiger partial charge in [0.25, 0.3) is 0 Å². The van der Waals surface area contributed by atoms with Crippen molar-refractivity contribution in [2.45, 2.75) is 65.3 Å². The quantitative estimate of drug-likeness (QED) is 0.849. The van der Waals surface area contributed by atoms with Crippen LogP contribution in [0.25, 0.3) is 0 Å². The molecule has 106 valence electrons. The molecule has 0 spiro atoms. The third-order valence-corrected chi connectivity index (χ3v) is 3.14. The van der Waals surface area contributed by atoms with Gasteiger partial charge in [0, 0.05) is 23.6 Å². The summed E-state index contributed by atoms with van der Waals surface area (Å²) in [7, 11) is 0. The largest absolute Gasteiger partial charge is 0.370 e. The molecule has 0 unspecified atom stereocenters. The van der Waals surface area contributed by atoms with E-state index in [1.165, 1.54) is 12.8 Å².